The van der Waals surface area contributed by atoms with Gasteiger partial charge in [-0.3, -0.25) is 4.79 Å². The average Bonchev–Trinajstić information content (AvgIpc) is 3.55. The number of benzene rings is 2. The number of rotatable bonds is 9. The summed E-state index contributed by atoms with van der Waals surface area (Å²) in [6, 6.07) is 10.5. The van der Waals surface area contributed by atoms with Gasteiger partial charge in [-0.05, 0) is 49.4 Å². The number of carbonyl (C=O) groups is 2. The molecule has 1 aliphatic rings. The highest BCUT2D eigenvalue weighted by molar-refractivity contribution is 7.91. The van der Waals surface area contributed by atoms with Crippen molar-refractivity contribution in [3.8, 4) is 0 Å². The number of ether oxygens (including phenoxy) is 1. The van der Waals surface area contributed by atoms with Crippen molar-refractivity contribution in [1.29, 1.82) is 0 Å². The second-order valence-electron chi connectivity index (χ2n) is 8.74. The summed E-state index contributed by atoms with van der Waals surface area (Å²) in [6.45, 7) is 1.75. The van der Waals surface area contributed by atoms with Crippen molar-refractivity contribution in [2.75, 3.05) is 19.1 Å². The van der Waals surface area contributed by atoms with Crippen LogP contribution in [0.4, 0.5) is 0 Å². The highest BCUT2D eigenvalue weighted by Gasteiger charge is 2.38. The fourth-order valence-electron chi connectivity index (χ4n) is 3.98. The number of nitrogens with zero attached hydrogens (tertiary/aromatic N) is 1. The molecule has 1 aromatic heterocycles. The third-order valence-corrected chi connectivity index (χ3v) is 8.16. The molecule has 0 aliphatic heterocycles. The van der Waals surface area contributed by atoms with Gasteiger partial charge in [-0.2, -0.15) is 0 Å². The normalized spacial score (nSPS) is 14.0. The number of sulfone groups is 2. The molecular weight excluding hydrogens is 506 g/mol. The van der Waals surface area contributed by atoms with Gasteiger partial charge in [-0.25, -0.2) is 21.6 Å². The molecule has 3 aromatic rings. The van der Waals surface area contributed by atoms with Gasteiger partial charge in [0, 0.05) is 24.0 Å². The third-order valence-electron chi connectivity index (χ3n) is 5.87. The second kappa shape index (κ2) is 9.62. The topological polar surface area (TPSA) is 138 Å². The van der Waals surface area contributed by atoms with E-state index in [-0.39, 0.29) is 45.6 Å². The summed E-state index contributed by atoms with van der Waals surface area (Å²) in [5, 5.41) is 3.83. The molecule has 11 heteroatoms. The van der Waals surface area contributed by atoms with Gasteiger partial charge < -0.3 is 9.26 Å². The van der Waals surface area contributed by atoms with Crippen LogP contribution in [-0.4, -0.2) is 52.9 Å². The maximum absolute atomic E-state index is 13.8. The predicted molar refractivity (Wildman–Crippen MR) is 130 cm³/mol. The molecule has 0 bridgehead atoms. The number of hydrogen-bond acceptors (Lipinski definition) is 9. The van der Waals surface area contributed by atoms with Crippen molar-refractivity contribution in [3.63, 3.8) is 0 Å². The van der Waals surface area contributed by atoms with Gasteiger partial charge in [-0.1, -0.05) is 35.5 Å². The number of esters is 1. The summed E-state index contributed by atoms with van der Waals surface area (Å²) >= 11 is 0. The first kappa shape index (κ1) is 25.8. The lowest BCUT2D eigenvalue weighted by Crippen LogP contribution is -2.15. The Bertz CT molecular complexity index is 1560. The summed E-state index contributed by atoms with van der Waals surface area (Å²) in [5.41, 5.74) is 0.951. The molecule has 9 nitrogen and oxygen atoms in total. The van der Waals surface area contributed by atoms with Crippen LogP contribution in [0, 0.1) is 0 Å². The summed E-state index contributed by atoms with van der Waals surface area (Å²) in [7, 11) is -7.41. The van der Waals surface area contributed by atoms with E-state index in [0.717, 1.165) is 31.4 Å². The van der Waals surface area contributed by atoms with Gasteiger partial charge in [0.2, 0.25) is 5.69 Å². The molecule has 0 saturated heterocycles. The Morgan fingerprint density at radius 2 is 1.69 bits per heavy atom. The molecule has 2 aromatic carbocycles. The first-order valence-corrected chi connectivity index (χ1v) is 15.0. The van der Waals surface area contributed by atoms with Crippen molar-refractivity contribution >= 4 is 31.4 Å². The number of hydrogen-bond donors (Lipinski definition) is 0. The molecule has 1 fully saturated rings. The molecule has 0 radical (unpaired) electrons. The number of carbonyl (C=O) groups excluding carboxylic acids is 2. The van der Waals surface area contributed by atoms with Gasteiger partial charge in [0.15, 0.2) is 31.2 Å². The minimum atomic E-state index is -3.78. The van der Waals surface area contributed by atoms with Crippen LogP contribution in [0.5, 0.6) is 0 Å². The smallest absolute Gasteiger partial charge is 0.361 e. The molecule has 36 heavy (non-hydrogen) atoms. The molecule has 1 heterocycles. The highest BCUT2D eigenvalue weighted by Crippen LogP contribution is 2.43. The van der Waals surface area contributed by atoms with E-state index in [1.165, 1.54) is 12.1 Å². The minimum absolute atomic E-state index is 0.00726. The molecular formula is C25H25NO8S2. The zero-order valence-corrected chi connectivity index (χ0v) is 21.6. The Kier molecular flexibility index (Phi) is 6.89. The van der Waals surface area contributed by atoms with Crippen LogP contribution in [0.15, 0.2) is 56.8 Å². The van der Waals surface area contributed by atoms with E-state index in [9.17, 15) is 26.4 Å². The molecule has 0 N–H and O–H groups in total. The predicted octanol–water partition coefficient (Wildman–Crippen LogP) is 3.36. The van der Waals surface area contributed by atoms with Crippen molar-refractivity contribution in [3.05, 3.63) is 76.2 Å². The van der Waals surface area contributed by atoms with Gasteiger partial charge in [0.25, 0.3) is 0 Å². The Labute approximate surface area is 209 Å². The van der Waals surface area contributed by atoms with E-state index >= 15 is 0 Å². The lowest BCUT2D eigenvalue weighted by molar-refractivity contribution is 0.0512. The standard InChI is InChI=1S/C25H25NO8S2/c1-4-33-25(28)22-21(24(34-26-22)15-9-10-15)23(27)19-8-6-5-7-16(19)13-17-11-12-18(35(2,29)30)14-20(17)36(3,31)32/h5-8,11-12,14-15H,4,9-10,13H2,1-3H3. The first-order valence-electron chi connectivity index (χ1n) is 11.2. The van der Waals surface area contributed by atoms with Crippen LogP contribution in [0.2, 0.25) is 0 Å². The van der Waals surface area contributed by atoms with Crippen molar-refractivity contribution in [2.45, 2.75) is 41.9 Å². The van der Waals surface area contributed by atoms with Gasteiger partial charge >= 0.3 is 5.97 Å². The summed E-state index contributed by atoms with van der Waals surface area (Å²) in [5.74, 6) is -0.908. The van der Waals surface area contributed by atoms with E-state index in [4.69, 9.17) is 9.26 Å². The van der Waals surface area contributed by atoms with Crippen LogP contribution < -0.4 is 0 Å². The zero-order chi connectivity index (χ0) is 26.3. The van der Waals surface area contributed by atoms with E-state index < -0.39 is 31.4 Å². The molecule has 1 saturated carbocycles. The minimum Gasteiger partial charge on any atom is -0.461 e. The molecule has 4 rings (SSSR count). The van der Waals surface area contributed by atoms with Crippen LogP contribution in [0.25, 0.3) is 0 Å². The largest absolute Gasteiger partial charge is 0.461 e. The maximum atomic E-state index is 13.8. The lowest BCUT2D eigenvalue weighted by Gasteiger charge is -2.13. The van der Waals surface area contributed by atoms with Crippen molar-refractivity contribution in [1.82, 2.24) is 5.16 Å². The van der Waals surface area contributed by atoms with Crippen LogP contribution >= 0.6 is 0 Å². The summed E-state index contributed by atoms with van der Waals surface area (Å²) in [4.78, 5) is 26.0. The fourth-order valence-corrected chi connectivity index (χ4v) is 5.66. The van der Waals surface area contributed by atoms with E-state index in [1.807, 2.05) is 0 Å². The third kappa shape index (κ3) is 5.26. The van der Waals surface area contributed by atoms with Gasteiger partial charge in [-0.15, -0.1) is 0 Å². The molecule has 0 atom stereocenters. The van der Waals surface area contributed by atoms with Gasteiger partial charge in [0.1, 0.15) is 5.56 Å². The Morgan fingerprint density at radius 3 is 2.31 bits per heavy atom. The van der Waals surface area contributed by atoms with Crippen molar-refractivity contribution in [2.24, 2.45) is 0 Å². The monoisotopic (exact) mass is 531 g/mol. The quantitative estimate of drug-likeness (QED) is 0.300. The molecule has 0 spiro atoms. The fraction of sp³-hybridized carbons (Fsp3) is 0.320. The summed E-state index contributed by atoms with van der Waals surface area (Å²) in [6.07, 6.45) is 3.65. The SMILES string of the molecule is CCOC(=O)c1noc(C2CC2)c1C(=O)c1ccccc1Cc1ccc(S(C)(=O)=O)cc1S(C)(=O)=O. The maximum Gasteiger partial charge on any atom is 0.361 e. The molecule has 0 amide bonds. The molecule has 190 valence electrons. The number of ketones is 1. The van der Waals surface area contributed by atoms with E-state index in [2.05, 4.69) is 5.16 Å². The van der Waals surface area contributed by atoms with Crippen LogP contribution in [0.3, 0.4) is 0 Å². The first-order chi connectivity index (χ1) is 16.9. The highest BCUT2D eigenvalue weighted by atomic mass is 32.2. The van der Waals surface area contributed by atoms with Crippen LogP contribution in [-0.2, 0) is 30.8 Å². The van der Waals surface area contributed by atoms with E-state index in [0.29, 0.717) is 16.9 Å². The summed E-state index contributed by atoms with van der Waals surface area (Å²) < 4.78 is 59.4. The lowest BCUT2D eigenvalue weighted by atomic mass is 9.92. The number of aromatic nitrogens is 1. The van der Waals surface area contributed by atoms with Crippen LogP contribution in [0.1, 0.15) is 69.0 Å². The Balaban J connectivity index is 1.80. The second-order valence-corrected chi connectivity index (χ2v) is 12.7. The Morgan fingerprint density at radius 1 is 1.00 bits per heavy atom. The van der Waals surface area contributed by atoms with Crippen molar-refractivity contribution < 1.29 is 35.7 Å². The molecule has 1 aliphatic carbocycles. The average molecular weight is 532 g/mol. The van der Waals surface area contributed by atoms with Gasteiger partial charge in [0.05, 0.1) is 16.4 Å². The molecule has 0 unspecified atom stereocenters. The van der Waals surface area contributed by atoms with E-state index in [1.54, 1.807) is 31.2 Å². The zero-order valence-electron chi connectivity index (χ0n) is 20.0. The Hall–Kier alpha value is -3.31.